The first-order chi connectivity index (χ1) is 8.88. The average Bonchev–Trinajstić information content (AvgIpc) is 3.02. The third-order valence-electron chi connectivity index (χ3n) is 4.07. The Bertz CT molecular complexity index is 601. The van der Waals surface area contributed by atoms with Crippen LogP contribution in [0.15, 0.2) is 18.0 Å². The molecule has 2 aromatic heterocycles. The summed E-state index contributed by atoms with van der Waals surface area (Å²) in [5.74, 6) is 2.45. The number of nitrogens with one attached hydrogen (secondary N) is 2. The van der Waals surface area contributed by atoms with Gasteiger partial charge in [0.2, 0.25) is 0 Å². The summed E-state index contributed by atoms with van der Waals surface area (Å²) in [6, 6.07) is 0. The van der Waals surface area contributed by atoms with Gasteiger partial charge in [0, 0.05) is 6.20 Å². The lowest BCUT2D eigenvalue weighted by atomic mass is 10.0. The van der Waals surface area contributed by atoms with Gasteiger partial charge in [-0.3, -0.25) is 5.10 Å². The maximum atomic E-state index is 4.47. The largest absolute Gasteiger partial charge is 0.316 e. The minimum atomic E-state index is 0.801. The van der Waals surface area contributed by atoms with Crippen LogP contribution in [0.1, 0.15) is 18.7 Å². The standard InChI is InChI=1S/C13H15N5/c1-8(2-10-5-14-4-9(1)10)3-12-15-6-11-7-16-18-13(11)17-12/h3,6-7,9-10,14H,1-2,4-5H2,(H,15,16,17,18)/t9-,10+. The molecule has 1 aliphatic carbocycles. The molecule has 5 heteroatoms. The lowest BCUT2D eigenvalue weighted by molar-refractivity contribution is 0.494. The number of fused-ring (bicyclic) bond motifs is 2. The molecule has 1 saturated heterocycles. The zero-order valence-electron chi connectivity index (χ0n) is 10.1. The first-order valence-corrected chi connectivity index (χ1v) is 6.45. The van der Waals surface area contributed by atoms with Crippen molar-refractivity contribution in [3.8, 4) is 0 Å². The molecule has 18 heavy (non-hydrogen) atoms. The first-order valence-electron chi connectivity index (χ1n) is 6.45. The molecule has 0 spiro atoms. The highest BCUT2D eigenvalue weighted by atomic mass is 15.1. The number of nitrogens with zero attached hydrogens (tertiary/aromatic N) is 3. The fraction of sp³-hybridized carbons (Fsp3) is 0.462. The van der Waals surface area contributed by atoms with E-state index in [1.165, 1.54) is 31.5 Å². The molecule has 92 valence electrons. The van der Waals surface area contributed by atoms with Gasteiger partial charge in [0.15, 0.2) is 11.5 Å². The molecule has 2 fully saturated rings. The smallest absolute Gasteiger partial charge is 0.159 e. The molecule has 2 aromatic rings. The van der Waals surface area contributed by atoms with Crippen LogP contribution in [0.5, 0.6) is 0 Å². The van der Waals surface area contributed by atoms with Crippen LogP contribution < -0.4 is 5.32 Å². The average molecular weight is 241 g/mol. The van der Waals surface area contributed by atoms with Crippen molar-refractivity contribution in [2.45, 2.75) is 12.8 Å². The number of H-pyrrole nitrogens is 1. The quantitative estimate of drug-likeness (QED) is 0.791. The second-order valence-electron chi connectivity index (χ2n) is 5.29. The summed E-state index contributed by atoms with van der Waals surface area (Å²) in [5, 5.41) is 11.3. The Balaban J connectivity index is 1.63. The summed E-state index contributed by atoms with van der Waals surface area (Å²) in [6.07, 6.45) is 8.12. The Hall–Kier alpha value is -1.75. The van der Waals surface area contributed by atoms with E-state index in [9.17, 15) is 0 Å². The Kier molecular flexibility index (Phi) is 2.20. The molecule has 0 unspecified atom stereocenters. The van der Waals surface area contributed by atoms with E-state index in [1.54, 1.807) is 6.20 Å². The molecule has 0 bridgehead atoms. The van der Waals surface area contributed by atoms with Crippen LogP contribution >= 0.6 is 0 Å². The van der Waals surface area contributed by atoms with Crippen molar-refractivity contribution in [2.75, 3.05) is 13.1 Å². The van der Waals surface area contributed by atoms with Crippen LogP contribution in [0.3, 0.4) is 0 Å². The highest BCUT2D eigenvalue weighted by Crippen LogP contribution is 2.38. The Morgan fingerprint density at radius 3 is 2.83 bits per heavy atom. The van der Waals surface area contributed by atoms with E-state index in [4.69, 9.17) is 0 Å². The minimum absolute atomic E-state index is 0.801. The van der Waals surface area contributed by atoms with E-state index in [-0.39, 0.29) is 0 Å². The van der Waals surface area contributed by atoms with Crippen molar-refractivity contribution in [1.29, 1.82) is 0 Å². The molecule has 3 heterocycles. The second-order valence-corrected chi connectivity index (χ2v) is 5.29. The summed E-state index contributed by atoms with van der Waals surface area (Å²) < 4.78 is 0. The predicted octanol–water partition coefficient (Wildman–Crippen LogP) is 1.37. The zero-order valence-corrected chi connectivity index (χ0v) is 10.1. The summed E-state index contributed by atoms with van der Waals surface area (Å²) in [4.78, 5) is 8.84. The van der Waals surface area contributed by atoms with Crippen LogP contribution in [0, 0.1) is 11.8 Å². The summed E-state index contributed by atoms with van der Waals surface area (Å²) in [7, 11) is 0. The van der Waals surface area contributed by atoms with Crippen molar-refractivity contribution in [2.24, 2.45) is 11.8 Å². The number of hydrogen-bond acceptors (Lipinski definition) is 4. The second kappa shape index (κ2) is 3.88. The van der Waals surface area contributed by atoms with Gasteiger partial charge in [-0.05, 0) is 43.8 Å². The third kappa shape index (κ3) is 1.62. The maximum absolute atomic E-state index is 4.47. The van der Waals surface area contributed by atoms with Crippen molar-refractivity contribution in [3.63, 3.8) is 0 Å². The van der Waals surface area contributed by atoms with E-state index in [2.05, 4.69) is 31.6 Å². The zero-order chi connectivity index (χ0) is 11.9. The molecule has 1 aliphatic heterocycles. The SMILES string of the molecule is C(=C1C[C@H]2CNC[C@H]2C1)c1ncc2cn[nH]c2n1. The molecule has 4 rings (SSSR count). The third-order valence-corrected chi connectivity index (χ3v) is 4.07. The molecule has 0 amide bonds. The maximum Gasteiger partial charge on any atom is 0.159 e. The normalized spacial score (nSPS) is 29.2. The number of aromatic nitrogens is 4. The summed E-state index contributed by atoms with van der Waals surface area (Å²) in [5.41, 5.74) is 2.31. The number of hydrogen-bond donors (Lipinski definition) is 2. The lowest BCUT2D eigenvalue weighted by Gasteiger charge is -2.02. The van der Waals surface area contributed by atoms with Gasteiger partial charge < -0.3 is 5.32 Å². The Labute approximate surface area is 105 Å². The van der Waals surface area contributed by atoms with Crippen molar-refractivity contribution in [1.82, 2.24) is 25.5 Å². The summed E-state index contributed by atoms with van der Waals surface area (Å²) in [6.45, 7) is 2.34. The van der Waals surface area contributed by atoms with Gasteiger partial charge >= 0.3 is 0 Å². The van der Waals surface area contributed by atoms with E-state index < -0.39 is 0 Å². The van der Waals surface area contributed by atoms with E-state index in [0.717, 1.165) is 28.7 Å². The van der Waals surface area contributed by atoms with Crippen LogP contribution in [0.4, 0.5) is 0 Å². The molecule has 0 radical (unpaired) electrons. The number of aromatic amines is 1. The monoisotopic (exact) mass is 241 g/mol. The molecule has 2 aliphatic rings. The molecule has 1 saturated carbocycles. The van der Waals surface area contributed by atoms with Gasteiger partial charge in [-0.1, -0.05) is 5.57 Å². The van der Waals surface area contributed by atoms with Gasteiger partial charge in [-0.15, -0.1) is 0 Å². The molecule has 2 atom stereocenters. The fourth-order valence-electron chi connectivity index (χ4n) is 3.14. The van der Waals surface area contributed by atoms with Crippen molar-refractivity contribution in [3.05, 3.63) is 23.8 Å². The number of rotatable bonds is 1. The Morgan fingerprint density at radius 2 is 2.00 bits per heavy atom. The highest BCUT2D eigenvalue weighted by Gasteiger charge is 2.33. The Morgan fingerprint density at radius 1 is 1.17 bits per heavy atom. The molecular formula is C13H15N5. The summed E-state index contributed by atoms with van der Waals surface area (Å²) >= 11 is 0. The van der Waals surface area contributed by atoms with E-state index in [0.29, 0.717) is 0 Å². The van der Waals surface area contributed by atoms with Crippen LogP contribution in [0.2, 0.25) is 0 Å². The van der Waals surface area contributed by atoms with E-state index in [1.807, 2.05) is 6.20 Å². The molecule has 5 nitrogen and oxygen atoms in total. The van der Waals surface area contributed by atoms with Crippen LogP contribution in [-0.4, -0.2) is 33.3 Å². The van der Waals surface area contributed by atoms with E-state index >= 15 is 0 Å². The van der Waals surface area contributed by atoms with Crippen LogP contribution in [-0.2, 0) is 0 Å². The highest BCUT2D eigenvalue weighted by molar-refractivity contribution is 5.73. The van der Waals surface area contributed by atoms with Crippen molar-refractivity contribution >= 4 is 17.1 Å². The van der Waals surface area contributed by atoms with Gasteiger partial charge in [0.05, 0.1) is 11.6 Å². The molecule has 2 N–H and O–H groups in total. The van der Waals surface area contributed by atoms with Gasteiger partial charge in [0.1, 0.15) is 0 Å². The fourth-order valence-corrected chi connectivity index (χ4v) is 3.14. The first kappa shape index (κ1) is 10.2. The van der Waals surface area contributed by atoms with Gasteiger partial charge in [-0.25, -0.2) is 9.97 Å². The van der Waals surface area contributed by atoms with Crippen LogP contribution in [0.25, 0.3) is 17.1 Å². The van der Waals surface area contributed by atoms with Gasteiger partial charge in [0.25, 0.3) is 0 Å². The molecular weight excluding hydrogens is 226 g/mol. The minimum Gasteiger partial charge on any atom is -0.316 e. The lowest BCUT2D eigenvalue weighted by Crippen LogP contribution is -2.09. The predicted molar refractivity (Wildman–Crippen MR) is 68.7 cm³/mol. The van der Waals surface area contributed by atoms with Gasteiger partial charge in [-0.2, -0.15) is 5.10 Å². The number of allylic oxidation sites excluding steroid dienone is 1. The van der Waals surface area contributed by atoms with Crippen molar-refractivity contribution < 1.29 is 0 Å². The molecule has 0 aromatic carbocycles. The topological polar surface area (TPSA) is 66.5 Å².